The van der Waals surface area contributed by atoms with Crippen molar-refractivity contribution >= 4 is 29.2 Å². The lowest BCUT2D eigenvalue weighted by molar-refractivity contribution is -0.556. The van der Waals surface area contributed by atoms with Gasteiger partial charge in [0.05, 0.1) is 11.1 Å². The van der Waals surface area contributed by atoms with Crippen LogP contribution in [0.5, 0.6) is 0 Å². The molecule has 0 fully saturated rings. The van der Waals surface area contributed by atoms with Crippen molar-refractivity contribution in [3.8, 4) is 0 Å². The molecule has 6 nitrogen and oxygen atoms in total. The van der Waals surface area contributed by atoms with Crippen molar-refractivity contribution in [2.75, 3.05) is 5.32 Å². The highest BCUT2D eigenvalue weighted by atomic mass is 16.6. The van der Waals surface area contributed by atoms with Gasteiger partial charge >= 0.3 is 5.91 Å². The number of fused-ring (bicyclic) bond motifs is 1. The Morgan fingerprint density at radius 1 is 1.15 bits per heavy atom. The Morgan fingerprint density at radius 2 is 1.90 bits per heavy atom. The molecule has 1 aromatic heterocycles. The Labute approximate surface area is 114 Å². The van der Waals surface area contributed by atoms with Crippen LogP contribution in [-0.4, -0.2) is 10.8 Å². The van der Waals surface area contributed by atoms with E-state index in [1.54, 1.807) is 35.0 Å². The first-order valence-electron chi connectivity index (χ1n) is 5.94. The summed E-state index contributed by atoms with van der Waals surface area (Å²) in [6.07, 6.45) is 3.47. The number of aromatic nitrogens is 1. The molecule has 0 saturated carbocycles. The van der Waals surface area contributed by atoms with Crippen molar-refractivity contribution in [3.63, 3.8) is 0 Å². The minimum atomic E-state index is -0.455. The van der Waals surface area contributed by atoms with Gasteiger partial charge in [-0.2, -0.15) is 4.57 Å². The first-order valence-corrected chi connectivity index (χ1v) is 5.94. The number of carbonyl (C=O) groups excluding carboxylic acids is 1. The van der Waals surface area contributed by atoms with Crippen LogP contribution in [0, 0.1) is 10.1 Å². The Hall–Kier alpha value is -3.02. The molecule has 2 heterocycles. The van der Waals surface area contributed by atoms with Gasteiger partial charge in [-0.05, 0) is 23.8 Å². The summed E-state index contributed by atoms with van der Waals surface area (Å²) in [5.74, 6) is 0.500. The van der Waals surface area contributed by atoms with Crippen molar-refractivity contribution in [2.24, 2.45) is 0 Å². The van der Waals surface area contributed by atoms with Gasteiger partial charge in [0.15, 0.2) is 0 Å². The largest absolute Gasteiger partial charge is 0.379 e. The van der Waals surface area contributed by atoms with Crippen LogP contribution in [0.3, 0.4) is 0 Å². The molecule has 0 spiro atoms. The molecule has 0 radical (unpaired) electrons. The average molecular weight is 268 g/mol. The molecule has 0 saturated heterocycles. The number of nitro benzene ring substituents is 1. The van der Waals surface area contributed by atoms with Crippen LogP contribution in [0.25, 0.3) is 11.8 Å². The molecule has 20 heavy (non-hydrogen) atoms. The molecule has 0 aliphatic carbocycles. The molecule has 98 valence electrons. The number of hydrogen-bond acceptors (Lipinski definition) is 3. The van der Waals surface area contributed by atoms with Crippen molar-refractivity contribution in [1.82, 2.24) is 0 Å². The van der Waals surface area contributed by atoms with E-state index in [2.05, 4.69) is 5.32 Å². The van der Waals surface area contributed by atoms with Crippen LogP contribution < -0.4 is 9.88 Å². The number of carbonyl (C=O) groups is 1. The summed E-state index contributed by atoms with van der Waals surface area (Å²) in [6.45, 7) is 0. The maximum Gasteiger partial charge on any atom is 0.379 e. The quantitative estimate of drug-likeness (QED) is 0.391. The molecule has 0 bridgehead atoms. The topological polar surface area (TPSA) is 76.1 Å². The summed E-state index contributed by atoms with van der Waals surface area (Å²) >= 11 is 0. The number of anilines is 1. The van der Waals surface area contributed by atoms with Crippen LogP contribution in [-0.2, 0) is 4.79 Å². The van der Waals surface area contributed by atoms with E-state index < -0.39 is 4.92 Å². The van der Waals surface area contributed by atoms with Gasteiger partial charge in [0.25, 0.3) is 11.5 Å². The molecule has 1 N–H and O–H groups in total. The van der Waals surface area contributed by atoms with Gasteiger partial charge in [-0.3, -0.25) is 10.1 Å². The second-order valence-corrected chi connectivity index (χ2v) is 4.29. The maximum absolute atomic E-state index is 11.9. The highest BCUT2D eigenvalue weighted by Crippen LogP contribution is 2.18. The summed E-state index contributed by atoms with van der Waals surface area (Å²) in [6, 6.07) is 11.5. The lowest BCUT2D eigenvalue weighted by Gasteiger charge is -1.96. The van der Waals surface area contributed by atoms with Crippen LogP contribution in [0.2, 0.25) is 0 Å². The molecule has 2 aromatic rings. The van der Waals surface area contributed by atoms with Crippen LogP contribution in [0.4, 0.5) is 11.5 Å². The molecule has 1 amide bonds. The third-order valence-corrected chi connectivity index (χ3v) is 3.00. The van der Waals surface area contributed by atoms with Gasteiger partial charge in [-0.1, -0.05) is 6.07 Å². The third-order valence-electron chi connectivity index (χ3n) is 3.00. The zero-order chi connectivity index (χ0) is 14.1. The summed E-state index contributed by atoms with van der Waals surface area (Å²) in [7, 11) is 0. The second-order valence-electron chi connectivity index (χ2n) is 4.29. The normalized spacial score (nSPS) is 15.0. The molecule has 6 heteroatoms. The molecule has 0 unspecified atom stereocenters. The van der Waals surface area contributed by atoms with Gasteiger partial charge in [-0.15, -0.1) is 0 Å². The van der Waals surface area contributed by atoms with Gasteiger partial charge in [0.2, 0.25) is 5.70 Å². The van der Waals surface area contributed by atoms with E-state index in [0.29, 0.717) is 11.5 Å². The predicted octanol–water partition coefficient (Wildman–Crippen LogP) is 1.83. The van der Waals surface area contributed by atoms with Gasteiger partial charge < -0.3 is 0 Å². The molecule has 1 aromatic carbocycles. The van der Waals surface area contributed by atoms with Crippen LogP contribution in [0.1, 0.15) is 5.56 Å². The number of rotatable bonds is 2. The minimum Gasteiger partial charge on any atom is -0.258 e. The van der Waals surface area contributed by atoms with Gasteiger partial charge in [-0.25, -0.2) is 10.1 Å². The minimum absolute atomic E-state index is 0.0241. The van der Waals surface area contributed by atoms with Gasteiger partial charge in [0.1, 0.15) is 0 Å². The van der Waals surface area contributed by atoms with E-state index in [-0.39, 0.29) is 11.6 Å². The van der Waals surface area contributed by atoms with E-state index in [9.17, 15) is 14.9 Å². The monoisotopic (exact) mass is 268 g/mol. The summed E-state index contributed by atoms with van der Waals surface area (Å²) in [5.41, 5.74) is 1.23. The number of nitrogens with zero attached hydrogens (tertiary/aromatic N) is 2. The summed E-state index contributed by atoms with van der Waals surface area (Å²) in [4.78, 5) is 22.0. The Kier molecular flexibility index (Phi) is 2.76. The van der Waals surface area contributed by atoms with Crippen LogP contribution >= 0.6 is 0 Å². The van der Waals surface area contributed by atoms with Crippen molar-refractivity contribution in [1.29, 1.82) is 0 Å². The van der Waals surface area contributed by atoms with E-state index in [1.165, 1.54) is 12.1 Å². The number of nitro groups is 1. The van der Waals surface area contributed by atoms with Crippen molar-refractivity contribution in [2.45, 2.75) is 0 Å². The van der Waals surface area contributed by atoms with E-state index in [1.807, 2.05) is 12.1 Å². The Morgan fingerprint density at radius 3 is 2.60 bits per heavy atom. The molecule has 0 atom stereocenters. The van der Waals surface area contributed by atoms with Crippen molar-refractivity contribution < 1.29 is 14.3 Å². The fourth-order valence-corrected chi connectivity index (χ4v) is 2.03. The zero-order valence-electron chi connectivity index (χ0n) is 10.3. The van der Waals surface area contributed by atoms with Crippen LogP contribution in [0.15, 0.2) is 48.7 Å². The molecule has 1 aliphatic rings. The first kappa shape index (κ1) is 12.0. The number of nitrogens with one attached hydrogen (secondary N) is 1. The predicted molar refractivity (Wildman–Crippen MR) is 72.5 cm³/mol. The smallest absolute Gasteiger partial charge is 0.258 e. The van der Waals surface area contributed by atoms with E-state index in [0.717, 1.165) is 5.56 Å². The SMILES string of the molecule is O=C1Nc2cccc[n+]2/C1=C/c1ccc([N+](=O)[O-])cc1. The summed E-state index contributed by atoms with van der Waals surface area (Å²) < 4.78 is 1.74. The Balaban J connectivity index is 2.00. The standard InChI is InChI=1S/C14H9N3O3/c18-14-12(16-8-2-1-3-13(16)15-14)9-10-4-6-11(7-5-10)17(19)20/h1-9H/p+1/b12-9+. The highest BCUT2D eigenvalue weighted by molar-refractivity contribution is 6.23. The molecular formula is C14H10N3O3+. The molecular weight excluding hydrogens is 258 g/mol. The maximum atomic E-state index is 11.9. The fraction of sp³-hybridized carbons (Fsp3) is 0. The van der Waals surface area contributed by atoms with Crippen molar-refractivity contribution in [3.05, 3.63) is 64.3 Å². The van der Waals surface area contributed by atoms with E-state index >= 15 is 0 Å². The number of hydrogen-bond donors (Lipinski definition) is 1. The highest BCUT2D eigenvalue weighted by Gasteiger charge is 2.31. The summed E-state index contributed by atoms with van der Waals surface area (Å²) in [5, 5.41) is 13.3. The Bertz CT molecular complexity index is 736. The first-order chi connectivity index (χ1) is 9.65. The molecule has 3 rings (SSSR count). The number of non-ortho nitro benzene ring substituents is 1. The fourth-order valence-electron chi connectivity index (χ4n) is 2.03. The lowest BCUT2D eigenvalue weighted by Crippen LogP contribution is -2.29. The van der Waals surface area contributed by atoms with E-state index in [4.69, 9.17) is 0 Å². The zero-order valence-corrected chi connectivity index (χ0v) is 10.3. The molecule has 1 aliphatic heterocycles. The second kappa shape index (κ2) is 4.58. The average Bonchev–Trinajstić information content (AvgIpc) is 2.76. The third kappa shape index (κ3) is 2.03. The number of benzene rings is 1. The lowest BCUT2D eigenvalue weighted by atomic mass is 10.1. The number of amides is 1. The number of pyridine rings is 1. The van der Waals surface area contributed by atoms with Gasteiger partial charge in [0, 0.05) is 24.3 Å².